The highest BCUT2D eigenvalue weighted by Gasteiger charge is 2.34. The fourth-order valence-electron chi connectivity index (χ4n) is 3.42. The van der Waals surface area contributed by atoms with Crippen LogP contribution in [-0.4, -0.2) is 24.5 Å². The van der Waals surface area contributed by atoms with Crippen molar-refractivity contribution in [2.75, 3.05) is 11.9 Å². The molecule has 1 saturated carbocycles. The highest BCUT2D eigenvalue weighted by molar-refractivity contribution is 6.01. The van der Waals surface area contributed by atoms with Crippen molar-refractivity contribution in [1.29, 1.82) is 0 Å². The summed E-state index contributed by atoms with van der Waals surface area (Å²) in [5.74, 6) is 0.706. The number of benzene rings is 1. The molecule has 0 saturated heterocycles. The molecule has 1 aromatic rings. The first-order valence-corrected chi connectivity index (χ1v) is 8.72. The molecule has 5 heteroatoms. The van der Waals surface area contributed by atoms with Crippen molar-refractivity contribution in [2.24, 2.45) is 23.5 Å². The van der Waals surface area contributed by atoms with Crippen LogP contribution in [0, 0.1) is 17.8 Å². The third-order valence-electron chi connectivity index (χ3n) is 4.83. The van der Waals surface area contributed by atoms with Gasteiger partial charge in [0.15, 0.2) is 0 Å². The molecule has 1 aromatic carbocycles. The number of hydrogen-bond acceptors (Lipinski definition) is 4. The molecule has 1 amide bonds. The van der Waals surface area contributed by atoms with Gasteiger partial charge in [-0.25, -0.2) is 4.79 Å². The molecule has 0 bridgehead atoms. The number of ether oxygens (including phenoxy) is 1. The molecule has 0 aliphatic heterocycles. The van der Waals surface area contributed by atoms with E-state index in [4.69, 9.17) is 10.5 Å². The van der Waals surface area contributed by atoms with Crippen molar-refractivity contribution in [3.63, 3.8) is 0 Å². The zero-order valence-electron chi connectivity index (χ0n) is 14.7. The van der Waals surface area contributed by atoms with Crippen molar-refractivity contribution in [2.45, 2.75) is 46.1 Å². The van der Waals surface area contributed by atoms with Gasteiger partial charge in [-0.1, -0.05) is 39.3 Å². The molecule has 0 spiro atoms. The lowest BCUT2D eigenvalue weighted by Crippen LogP contribution is -2.36. The summed E-state index contributed by atoms with van der Waals surface area (Å²) in [5.41, 5.74) is 6.16. The monoisotopic (exact) mass is 332 g/mol. The molecule has 0 radical (unpaired) electrons. The fraction of sp³-hybridized carbons (Fsp3) is 0.579. The van der Waals surface area contributed by atoms with E-state index >= 15 is 0 Å². The molecule has 0 heterocycles. The molecule has 3 N–H and O–H groups in total. The van der Waals surface area contributed by atoms with Crippen molar-refractivity contribution in [3.8, 4) is 0 Å². The summed E-state index contributed by atoms with van der Waals surface area (Å²) < 4.78 is 5.86. The smallest absolute Gasteiger partial charge is 0.340 e. The van der Waals surface area contributed by atoms with Gasteiger partial charge in [0.05, 0.1) is 17.8 Å². The largest absolute Gasteiger partial charge is 0.458 e. The lowest BCUT2D eigenvalue weighted by atomic mass is 9.75. The maximum atomic E-state index is 12.7. The number of nitrogens with two attached hydrogens (primary N) is 1. The topological polar surface area (TPSA) is 81.4 Å². The van der Waals surface area contributed by atoms with Gasteiger partial charge in [0.25, 0.3) is 0 Å². The van der Waals surface area contributed by atoms with Crippen LogP contribution in [0.2, 0.25) is 0 Å². The Hall–Kier alpha value is -1.88. The van der Waals surface area contributed by atoms with E-state index in [0.717, 1.165) is 12.8 Å². The molecule has 1 fully saturated rings. The zero-order chi connectivity index (χ0) is 17.7. The van der Waals surface area contributed by atoms with Crippen LogP contribution in [0.5, 0.6) is 0 Å². The maximum Gasteiger partial charge on any atom is 0.340 e. The van der Waals surface area contributed by atoms with Crippen LogP contribution in [0.25, 0.3) is 0 Å². The van der Waals surface area contributed by atoms with E-state index in [1.54, 1.807) is 24.3 Å². The molecule has 1 aliphatic rings. The van der Waals surface area contributed by atoms with E-state index in [-0.39, 0.29) is 24.5 Å². The first-order chi connectivity index (χ1) is 11.4. The minimum atomic E-state index is -0.382. The van der Waals surface area contributed by atoms with Crippen molar-refractivity contribution < 1.29 is 14.3 Å². The minimum absolute atomic E-state index is 0.0699. The summed E-state index contributed by atoms with van der Waals surface area (Å²) in [7, 11) is 0. The predicted octanol–water partition coefficient (Wildman–Crippen LogP) is 3.20. The van der Waals surface area contributed by atoms with Gasteiger partial charge < -0.3 is 15.8 Å². The highest BCUT2D eigenvalue weighted by Crippen LogP contribution is 2.36. The Morgan fingerprint density at radius 2 is 2.00 bits per heavy atom. The Morgan fingerprint density at radius 3 is 2.67 bits per heavy atom. The molecular weight excluding hydrogens is 304 g/mol. The third-order valence-corrected chi connectivity index (χ3v) is 4.83. The van der Waals surface area contributed by atoms with Crippen LogP contribution < -0.4 is 11.1 Å². The second kappa shape index (κ2) is 8.29. The number of esters is 1. The van der Waals surface area contributed by atoms with E-state index in [2.05, 4.69) is 26.1 Å². The van der Waals surface area contributed by atoms with E-state index in [9.17, 15) is 9.59 Å². The quantitative estimate of drug-likeness (QED) is 0.811. The Kier molecular flexibility index (Phi) is 6.37. The van der Waals surface area contributed by atoms with Crippen molar-refractivity contribution in [3.05, 3.63) is 29.8 Å². The van der Waals surface area contributed by atoms with Crippen LogP contribution in [0.15, 0.2) is 24.3 Å². The molecule has 0 aromatic heterocycles. The number of nitrogens with one attached hydrogen (secondary N) is 1. The Balaban J connectivity index is 2.15. The normalized spacial score (nSPS) is 23.8. The first-order valence-electron chi connectivity index (χ1n) is 8.72. The number of anilines is 1. The second-order valence-corrected chi connectivity index (χ2v) is 7.07. The highest BCUT2D eigenvalue weighted by atomic mass is 16.5. The number of hydrogen-bond donors (Lipinski definition) is 2. The summed E-state index contributed by atoms with van der Waals surface area (Å²) in [6.45, 7) is 6.43. The Morgan fingerprint density at radius 1 is 1.29 bits per heavy atom. The van der Waals surface area contributed by atoms with Crippen LogP contribution in [-0.2, 0) is 9.53 Å². The number of amides is 1. The molecule has 5 nitrogen and oxygen atoms in total. The van der Waals surface area contributed by atoms with Gasteiger partial charge in [-0.05, 0) is 42.7 Å². The molecular formula is C19H28N2O3. The number of carbonyl (C=O) groups is 2. The van der Waals surface area contributed by atoms with Crippen LogP contribution >= 0.6 is 0 Å². The summed E-state index contributed by atoms with van der Waals surface area (Å²) >= 11 is 0. The molecule has 2 rings (SSSR count). The average molecular weight is 332 g/mol. The van der Waals surface area contributed by atoms with Gasteiger partial charge in [-0.2, -0.15) is 0 Å². The lowest BCUT2D eigenvalue weighted by Gasteiger charge is -2.36. The van der Waals surface area contributed by atoms with Gasteiger partial charge in [0, 0.05) is 0 Å². The zero-order valence-corrected chi connectivity index (χ0v) is 14.7. The minimum Gasteiger partial charge on any atom is -0.458 e. The second-order valence-electron chi connectivity index (χ2n) is 7.07. The molecule has 3 atom stereocenters. The van der Waals surface area contributed by atoms with E-state index in [0.29, 0.717) is 29.0 Å². The van der Waals surface area contributed by atoms with Crippen LogP contribution in [0.3, 0.4) is 0 Å². The maximum absolute atomic E-state index is 12.7. The fourth-order valence-corrected chi connectivity index (χ4v) is 3.42. The number of rotatable bonds is 5. The van der Waals surface area contributed by atoms with Gasteiger partial charge in [0.2, 0.25) is 5.91 Å². The van der Waals surface area contributed by atoms with Crippen LogP contribution in [0.4, 0.5) is 5.69 Å². The standard InChI is InChI=1S/C19H28N2O3/c1-12(2)14-9-8-13(3)10-17(14)24-19(23)15-6-4-5-7-16(15)21-18(22)11-20/h4-7,12-14,17H,8-11,20H2,1-3H3,(H,21,22)/t13-,14+,17+/m1/s1. The summed E-state index contributed by atoms with van der Waals surface area (Å²) in [6.07, 6.45) is 3.09. The molecule has 0 unspecified atom stereocenters. The van der Waals surface area contributed by atoms with Crippen molar-refractivity contribution >= 4 is 17.6 Å². The lowest BCUT2D eigenvalue weighted by molar-refractivity contribution is -0.114. The van der Waals surface area contributed by atoms with Crippen molar-refractivity contribution in [1.82, 2.24) is 0 Å². The summed E-state index contributed by atoms with van der Waals surface area (Å²) in [5, 5.41) is 2.66. The van der Waals surface area contributed by atoms with Gasteiger partial charge in [-0.15, -0.1) is 0 Å². The first kappa shape index (κ1) is 18.5. The molecule has 24 heavy (non-hydrogen) atoms. The third kappa shape index (κ3) is 4.57. The van der Waals surface area contributed by atoms with Gasteiger partial charge in [-0.3, -0.25) is 4.79 Å². The number of carbonyl (C=O) groups excluding carboxylic acids is 2. The average Bonchev–Trinajstić information content (AvgIpc) is 2.54. The van der Waals surface area contributed by atoms with Gasteiger partial charge >= 0.3 is 5.97 Å². The van der Waals surface area contributed by atoms with E-state index in [1.807, 2.05) is 0 Å². The van der Waals surface area contributed by atoms with Gasteiger partial charge in [0.1, 0.15) is 6.10 Å². The van der Waals surface area contributed by atoms with E-state index in [1.165, 1.54) is 6.42 Å². The summed E-state index contributed by atoms with van der Waals surface area (Å²) in [4.78, 5) is 24.2. The Labute approximate surface area is 143 Å². The predicted molar refractivity (Wildman–Crippen MR) is 94.7 cm³/mol. The molecule has 132 valence electrons. The molecule has 1 aliphatic carbocycles. The number of para-hydroxylation sites is 1. The summed E-state index contributed by atoms with van der Waals surface area (Å²) in [6, 6.07) is 6.89. The Bertz CT molecular complexity index is 586. The SMILES string of the molecule is CC(C)[C@@H]1CC[C@@H](C)C[C@@H]1OC(=O)c1ccccc1NC(=O)CN. The van der Waals surface area contributed by atoms with Crippen LogP contribution in [0.1, 0.15) is 50.4 Å². The van der Waals surface area contributed by atoms with E-state index < -0.39 is 0 Å².